The fraction of sp³-hybridized carbons (Fsp3) is 0.538. The SMILES string of the molecule is COc1ccc(C)cc1NCC1CC(N)C1. The molecule has 3 heteroatoms. The van der Waals surface area contributed by atoms with Gasteiger partial charge in [-0.1, -0.05) is 6.07 Å². The minimum atomic E-state index is 0.422. The van der Waals surface area contributed by atoms with Crippen LogP contribution in [0.25, 0.3) is 0 Å². The number of nitrogens with two attached hydrogens (primary N) is 1. The largest absolute Gasteiger partial charge is 0.495 e. The van der Waals surface area contributed by atoms with Crippen LogP contribution in [0, 0.1) is 12.8 Å². The summed E-state index contributed by atoms with van der Waals surface area (Å²) in [5.41, 5.74) is 8.10. The van der Waals surface area contributed by atoms with Crippen LogP contribution >= 0.6 is 0 Å². The third kappa shape index (κ3) is 2.47. The Hall–Kier alpha value is -1.22. The molecule has 0 aliphatic heterocycles. The zero-order valence-electron chi connectivity index (χ0n) is 9.99. The van der Waals surface area contributed by atoms with Gasteiger partial charge in [0.15, 0.2) is 0 Å². The third-order valence-corrected chi connectivity index (χ3v) is 3.21. The molecule has 2 rings (SSSR count). The van der Waals surface area contributed by atoms with Crippen molar-refractivity contribution in [3.8, 4) is 5.75 Å². The number of methoxy groups -OCH3 is 1. The number of nitrogens with one attached hydrogen (secondary N) is 1. The van der Waals surface area contributed by atoms with Gasteiger partial charge in [-0.2, -0.15) is 0 Å². The van der Waals surface area contributed by atoms with E-state index < -0.39 is 0 Å². The van der Waals surface area contributed by atoms with Crippen LogP contribution in [-0.2, 0) is 0 Å². The van der Waals surface area contributed by atoms with Crippen molar-refractivity contribution in [3.05, 3.63) is 23.8 Å². The van der Waals surface area contributed by atoms with Gasteiger partial charge in [0.1, 0.15) is 5.75 Å². The van der Waals surface area contributed by atoms with E-state index in [2.05, 4.69) is 24.4 Å². The Morgan fingerprint density at radius 3 is 2.81 bits per heavy atom. The molecule has 0 radical (unpaired) electrons. The van der Waals surface area contributed by atoms with Crippen molar-refractivity contribution in [2.24, 2.45) is 11.7 Å². The van der Waals surface area contributed by atoms with E-state index in [4.69, 9.17) is 10.5 Å². The summed E-state index contributed by atoms with van der Waals surface area (Å²) < 4.78 is 5.32. The zero-order chi connectivity index (χ0) is 11.5. The molecule has 0 saturated heterocycles. The van der Waals surface area contributed by atoms with Crippen molar-refractivity contribution in [3.63, 3.8) is 0 Å². The van der Waals surface area contributed by atoms with E-state index in [9.17, 15) is 0 Å². The number of hydrogen-bond acceptors (Lipinski definition) is 3. The maximum atomic E-state index is 5.77. The lowest BCUT2D eigenvalue weighted by Crippen LogP contribution is -2.39. The Morgan fingerprint density at radius 2 is 2.19 bits per heavy atom. The van der Waals surface area contributed by atoms with Crippen molar-refractivity contribution < 1.29 is 4.74 Å². The molecule has 88 valence electrons. The number of anilines is 1. The Balaban J connectivity index is 1.94. The molecule has 0 atom stereocenters. The minimum Gasteiger partial charge on any atom is -0.495 e. The summed E-state index contributed by atoms with van der Waals surface area (Å²) in [7, 11) is 1.70. The van der Waals surface area contributed by atoms with E-state index in [0.717, 1.165) is 36.7 Å². The quantitative estimate of drug-likeness (QED) is 0.817. The summed E-state index contributed by atoms with van der Waals surface area (Å²) >= 11 is 0. The van der Waals surface area contributed by atoms with Gasteiger partial charge >= 0.3 is 0 Å². The van der Waals surface area contributed by atoms with Crippen LogP contribution in [0.4, 0.5) is 5.69 Å². The van der Waals surface area contributed by atoms with Gasteiger partial charge < -0.3 is 15.8 Å². The fourth-order valence-electron chi connectivity index (χ4n) is 2.17. The van der Waals surface area contributed by atoms with Crippen LogP contribution in [0.15, 0.2) is 18.2 Å². The van der Waals surface area contributed by atoms with E-state index in [-0.39, 0.29) is 0 Å². The summed E-state index contributed by atoms with van der Waals surface area (Å²) in [6, 6.07) is 6.61. The molecular weight excluding hydrogens is 200 g/mol. The standard InChI is InChI=1S/C13H20N2O/c1-9-3-4-13(16-2)12(5-9)15-8-10-6-11(14)7-10/h3-5,10-11,15H,6-8,14H2,1-2H3. The molecule has 0 heterocycles. The highest BCUT2D eigenvalue weighted by atomic mass is 16.5. The van der Waals surface area contributed by atoms with Gasteiger partial charge in [0.25, 0.3) is 0 Å². The Labute approximate surface area is 97.0 Å². The van der Waals surface area contributed by atoms with Crippen molar-refractivity contribution >= 4 is 5.69 Å². The summed E-state index contributed by atoms with van der Waals surface area (Å²) in [5, 5.41) is 3.45. The second kappa shape index (κ2) is 4.74. The molecule has 0 aromatic heterocycles. The predicted molar refractivity (Wildman–Crippen MR) is 66.9 cm³/mol. The van der Waals surface area contributed by atoms with Crippen LogP contribution < -0.4 is 15.8 Å². The minimum absolute atomic E-state index is 0.422. The van der Waals surface area contributed by atoms with Gasteiger partial charge in [-0.3, -0.25) is 0 Å². The maximum absolute atomic E-state index is 5.77. The predicted octanol–water partition coefficient (Wildman–Crippen LogP) is 2.15. The third-order valence-electron chi connectivity index (χ3n) is 3.21. The van der Waals surface area contributed by atoms with Crippen LogP contribution in [0.1, 0.15) is 18.4 Å². The van der Waals surface area contributed by atoms with Gasteiger partial charge in [-0.15, -0.1) is 0 Å². The van der Waals surface area contributed by atoms with Crippen LogP contribution in [0.3, 0.4) is 0 Å². The maximum Gasteiger partial charge on any atom is 0.141 e. The molecular formula is C13H20N2O. The number of aryl methyl sites for hydroxylation is 1. The highest BCUT2D eigenvalue weighted by Gasteiger charge is 2.25. The smallest absolute Gasteiger partial charge is 0.141 e. The van der Waals surface area contributed by atoms with Gasteiger partial charge in [-0.25, -0.2) is 0 Å². The first-order chi connectivity index (χ1) is 7.69. The second-order valence-electron chi connectivity index (χ2n) is 4.68. The molecule has 3 N–H and O–H groups in total. The zero-order valence-corrected chi connectivity index (χ0v) is 9.99. The average Bonchev–Trinajstić information content (AvgIpc) is 2.23. The molecule has 0 unspecified atom stereocenters. The topological polar surface area (TPSA) is 47.3 Å². The summed E-state index contributed by atoms with van der Waals surface area (Å²) in [4.78, 5) is 0. The molecule has 1 aromatic rings. The number of ether oxygens (including phenoxy) is 1. The summed E-state index contributed by atoms with van der Waals surface area (Å²) in [5.74, 6) is 1.63. The lowest BCUT2D eigenvalue weighted by atomic mass is 9.81. The molecule has 3 nitrogen and oxygen atoms in total. The lowest BCUT2D eigenvalue weighted by molar-refractivity contribution is 0.280. The first kappa shape index (κ1) is 11.3. The van der Waals surface area contributed by atoms with Gasteiger partial charge in [0.05, 0.1) is 12.8 Å². The number of rotatable bonds is 4. The van der Waals surface area contributed by atoms with Crippen molar-refractivity contribution in [2.45, 2.75) is 25.8 Å². The second-order valence-corrected chi connectivity index (χ2v) is 4.68. The monoisotopic (exact) mass is 220 g/mol. The van der Waals surface area contributed by atoms with Crippen molar-refractivity contribution in [2.75, 3.05) is 19.0 Å². The molecule has 1 aliphatic carbocycles. The first-order valence-corrected chi connectivity index (χ1v) is 5.83. The van der Waals surface area contributed by atoms with Crippen molar-refractivity contribution in [1.29, 1.82) is 0 Å². The van der Waals surface area contributed by atoms with Gasteiger partial charge in [-0.05, 0) is 43.4 Å². The molecule has 16 heavy (non-hydrogen) atoms. The van der Waals surface area contributed by atoms with E-state index >= 15 is 0 Å². The highest BCUT2D eigenvalue weighted by molar-refractivity contribution is 5.58. The molecule has 0 spiro atoms. The molecule has 0 bridgehead atoms. The number of hydrogen-bond donors (Lipinski definition) is 2. The van der Waals surface area contributed by atoms with Gasteiger partial charge in [0, 0.05) is 12.6 Å². The first-order valence-electron chi connectivity index (χ1n) is 5.83. The van der Waals surface area contributed by atoms with E-state index in [0.29, 0.717) is 6.04 Å². The van der Waals surface area contributed by atoms with Crippen LogP contribution in [0.5, 0.6) is 5.75 Å². The average molecular weight is 220 g/mol. The molecule has 0 amide bonds. The van der Waals surface area contributed by atoms with E-state index in [1.165, 1.54) is 5.56 Å². The molecule has 1 saturated carbocycles. The van der Waals surface area contributed by atoms with Crippen LogP contribution in [-0.4, -0.2) is 19.7 Å². The summed E-state index contributed by atoms with van der Waals surface area (Å²) in [6.07, 6.45) is 2.28. The fourth-order valence-corrected chi connectivity index (χ4v) is 2.17. The number of benzene rings is 1. The Morgan fingerprint density at radius 1 is 1.44 bits per heavy atom. The normalized spacial score (nSPS) is 23.7. The summed E-state index contributed by atoms with van der Waals surface area (Å²) in [6.45, 7) is 3.08. The van der Waals surface area contributed by atoms with E-state index in [1.807, 2.05) is 6.07 Å². The Bertz CT molecular complexity index is 359. The molecule has 1 aliphatic rings. The molecule has 1 fully saturated rings. The lowest BCUT2D eigenvalue weighted by Gasteiger charge is -2.32. The van der Waals surface area contributed by atoms with Gasteiger partial charge in [0.2, 0.25) is 0 Å². The van der Waals surface area contributed by atoms with Crippen LogP contribution in [0.2, 0.25) is 0 Å². The molecule has 1 aromatic carbocycles. The van der Waals surface area contributed by atoms with E-state index in [1.54, 1.807) is 7.11 Å². The highest BCUT2D eigenvalue weighted by Crippen LogP contribution is 2.29. The Kier molecular flexibility index (Phi) is 3.34. The van der Waals surface area contributed by atoms with Crippen molar-refractivity contribution in [1.82, 2.24) is 0 Å².